The smallest absolute Gasteiger partial charge is 0.106 e. The summed E-state index contributed by atoms with van der Waals surface area (Å²) in [4.78, 5) is 0. The molecule has 1 N–H and O–H groups in total. The van der Waals surface area contributed by atoms with Crippen molar-refractivity contribution in [1.82, 2.24) is 0 Å². The van der Waals surface area contributed by atoms with Crippen molar-refractivity contribution in [3.05, 3.63) is 54.3 Å². The Hall–Kier alpha value is -1.12. The molecule has 1 aromatic carbocycles. The predicted molar refractivity (Wildman–Crippen MR) is 89.8 cm³/mol. The summed E-state index contributed by atoms with van der Waals surface area (Å²) in [5.74, 6) is 0.425. The number of hydrogen-bond acceptors (Lipinski definition) is 1. The van der Waals surface area contributed by atoms with Crippen LogP contribution in [0.5, 0.6) is 0 Å². The Balaban J connectivity index is 2.14. The molecule has 1 saturated carbocycles. The van der Waals surface area contributed by atoms with Crippen molar-refractivity contribution in [3.8, 4) is 0 Å². The van der Waals surface area contributed by atoms with Crippen LogP contribution in [-0.4, -0.2) is 18.8 Å². The Morgan fingerprint density at radius 1 is 1.35 bits per heavy atom. The van der Waals surface area contributed by atoms with Crippen molar-refractivity contribution >= 4 is 13.3 Å². The molecule has 2 heteroatoms. The molecular weight excluding hydrogens is 260 g/mol. The van der Waals surface area contributed by atoms with Crippen LogP contribution in [0.2, 0.25) is 13.1 Å². The van der Waals surface area contributed by atoms with Gasteiger partial charge in [0.2, 0.25) is 0 Å². The van der Waals surface area contributed by atoms with Crippen LogP contribution in [0.4, 0.5) is 0 Å². The van der Waals surface area contributed by atoms with Crippen LogP contribution < -0.4 is 5.19 Å². The Labute approximate surface area is 124 Å². The molecule has 0 aliphatic heterocycles. The van der Waals surface area contributed by atoms with Gasteiger partial charge in [-0.15, -0.1) is 6.58 Å². The van der Waals surface area contributed by atoms with E-state index in [9.17, 15) is 5.11 Å². The maximum Gasteiger partial charge on any atom is 0.106 e. The van der Waals surface area contributed by atoms with Gasteiger partial charge in [-0.1, -0.05) is 72.9 Å². The largest absolute Gasteiger partial charge is 0.389 e. The van der Waals surface area contributed by atoms with E-state index < -0.39 is 13.7 Å². The first-order valence-corrected chi connectivity index (χ1v) is 10.4. The lowest BCUT2D eigenvalue weighted by molar-refractivity contribution is 0.0479. The minimum absolute atomic E-state index is 0.425. The number of hydrogen-bond donors (Lipinski definition) is 1. The van der Waals surface area contributed by atoms with Crippen LogP contribution >= 0.6 is 0 Å². The molecule has 2 unspecified atom stereocenters. The molecule has 0 bridgehead atoms. The van der Waals surface area contributed by atoms with E-state index in [0.717, 1.165) is 12.8 Å². The maximum atomic E-state index is 10.8. The van der Waals surface area contributed by atoms with E-state index in [-0.39, 0.29) is 0 Å². The lowest BCUT2D eigenvalue weighted by Crippen LogP contribution is -2.45. The third-order valence-corrected chi connectivity index (χ3v) is 8.58. The predicted octanol–water partition coefficient (Wildman–Crippen LogP) is 3.80. The molecule has 1 aromatic rings. The summed E-state index contributed by atoms with van der Waals surface area (Å²) in [6.07, 6.45) is 2.26. The van der Waals surface area contributed by atoms with Gasteiger partial charge in [0.1, 0.15) is 8.07 Å². The summed E-state index contributed by atoms with van der Waals surface area (Å²) >= 11 is 0. The Morgan fingerprint density at radius 3 is 2.45 bits per heavy atom. The molecule has 1 aliphatic carbocycles. The topological polar surface area (TPSA) is 20.2 Å². The van der Waals surface area contributed by atoms with E-state index in [1.165, 1.54) is 16.0 Å². The van der Waals surface area contributed by atoms with Crippen LogP contribution in [0.1, 0.15) is 26.2 Å². The highest BCUT2D eigenvalue weighted by Gasteiger charge is 2.40. The van der Waals surface area contributed by atoms with E-state index in [1.807, 2.05) is 6.07 Å². The molecule has 0 radical (unpaired) electrons. The molecule has 0 heterocycles. The van der Waals surface area contributed by atoms with Crippen molar-refractivity contribution in [2.45, 2.75) is 44.9 Å². The molecule has 0 amide bonds. The highest BCUT2D eigenvalue weighted by atomic mass is 28.3. The van der Waals surface area contributed by atoms with E-state index in [2.05, 4.69) is 57.4 Å². The number of aliphatic hydroxyl groups is 1. The highest BCUT2D eigenvalue weighted by molar-refractivity contribution is 6.95. The molecule has 108 valence electrons. The van der Waals surface area contributed by atoms with Crippen molar-refractivity contribution < 1.29 is 5.11 Å². The Morgan fingerprint density at radius 2 is 1.95 bits per heavy atom. The summed E-state index contributed by atoms with van der Waals surface area (Å²) in [7, 11) is -1.73. The normalized spacial score (nSPS) is 26.8. The van der Waals surface area contributed by atoms with Gasteiger partial charge in [0.15, 0.2) is 0 Å². The first kappa shape index (κ1) is 15.3. The van der Waals surface area contributed by atoms with Crippen LogP contribution in [0.15, 0.2) is 54.3 Å². The first-order chi connectivity index (χ1) is 9.24. The summed E-state index contributed by atoms with van der Waals surface area (Å²) in [5, 5.41) is 13.4. The Bertz CT molecular complexity index is 517. The molecule has 1 nitrogen and oxygen atoms in total. The van der Waals surface area contributed by atoms with E-state index in [1.54, 1.807) is 0 Å². The van der Waals surface area contributed by atoms with Gasteiger partial charge in [-0.05, 0) is 25.2 Å². The highest BCUT2D eigenvalue weighted by Crippen LogP contribution is 2.42. The number of rotatable bonds is 4. The second-order valence-corrected chi connectivity index (χ2v) is 11.5. The van der Waals surface area contributed by atoms with Gasteiger partial charge in [-0.3, -0.25) is 0 Å². The summed E-state index contributed by atoms with van der Waals surface area (Å²) in [5.41, 5.74) is 0.562. The third kappa shape index (κ3) is 2.97. The van der Waals surface area contributed by atoms with E-state index in [0.29, 0.717) is 12.3 Å². The van der Waals surface area contributed by atoms with Crippen molar-refractivity contribution in [2.24, 2.45) is 5.92 Å². The van der Waals surface area contributed by atoms with Gasteiger partial charge in [-0.2, -0.15) is 0 Å². The van der Waals surface area contributed by atoms with Gasteiger partial charge >= 0.3 is 0 Å². The monoisotopic (exact) mass is 286 g/mol. The minimum atomic E-state index is -1.73. The molecule has 2 atom stereocenters. The van der Waals surface area contributed by atoms with Crippen LogP contribution in [0.25, 0.3) is 0 Å². The zero-order valence-corrected chi connectivity index (χ0v) is 13.9. The van der Waals surface area contributed by atoms with Crippen molar-refractivity contribution in [1.29, 1.82) is 0 Å². The summed E-state index contributed by atoms with van der Waals surface area (Å²) in [6, 6.07) is 10.6. The lowest BCUT2D eigenvalue weighted by Gasteiger charge is -2.31. The molecular formula is C18H26OSi. The van der Waals surface area contributed by atoms with E-state index >= 15 is 0 Å². The fourth-order valence-corrected chi connectivity index (χ4v) is 5.40. The second kappa shape index (κ2) is 5.34. The quantitative estimate of drug-likeness (QED) is 0.659. The lowest BCUT2D eigenvalue weighted by atomic mass is 9.97. The maximum absolute atomic E-state index is 10.8. The zero-order chi connectivity index (χ0) is 15.0. The Kier molecular flexibility index (Phi) is 4.08. The molecule has 0 spiro atoms. The average Bonchev–Trinajstić information content (AvgIpc) is 2.63. The second-order valence-electron chi connectivity index (χ2n) is 6.94. The molecule has 0 aromatic heterocycles. The fourth-order valence-electron chi connectivity index (χ4n) is 3.20. The van der Waals surface area contributed by atoms with Crippen molar-refractivity contribution in [2.75, 3.05) is 0 Å². The first-order valence-electron chi connectivity index (χ1n) is 7.38. The third-order valence-electron chi connectivity index (χ3n) is 4.86. The van der Waals surface area contributed by atoms with Gasteiger partial charge in [0.25, 0.3) is 0 Å². The van der Waals surface area contributed by atoms with E-state index in [4.69, 9.17) is 0 Å². The van der Waals surface area contributed by atoms with Crippen LogP contribution in [0.3, 0.4) is 0 Å². The molecule has 1 fully saturated rings. The number of benzene rings is 1. The van der Waals surface area contributed by atoms with Crippen LogP contribution in [0, 0.1) is 5.92 Å². The SMILES string of the molecule is C=C1CC(O)(CC(=C)[Si](C)(C)c2ccccc2)CC1C. The minimum Gasteiger partial charge on any atom is -0.389 e. The van der Waals surface area contributed by atoms with Crippen molar-refractivity contribution in [3.63, 3.8) is 0 Å². The van der Waals surface area contributed by atoms with Gasteiger partial charge in [0.05, 0.1) is 5.60 Å². The molecule has 1 aliphatic rings. The summed E-state index contributed by atoms with van der Waals surface area (Å²) < 4.78 is 0. The standard InChI is InChI=1S/C18H26OSi/c1-14-11-18(19,12-15(14)2)13-16(3)20(4,5)17-9-7-6-8-10-17/h6-10,15,19H,1,3,11-13H2,2,4-5H3. The fraction of sp³-hybridized carbons (Fsp3) is 0.444. The molecule has 0 saturated heterocycles. The van der Waals surface area contributed by atoms with Crippen LogP contribution in [-0.2, 0) is 0 Å². The summed E-state index contributed by atoms with van der Waals surface area (Å²) in [6.45, 7) is 15.2. The molecule has 2 rings (SSSR count). The zero-order valence-electron chi connectivity index (χ0n) is 12.9. The van der Waals surface area contributed by atoms with Gasteiger partial charge in [-0.25, -0.2) is 0 Å². The molecule has 20 heavy (non-hydrogen) atoms. The average molecular weight is 286 g/mol. The van der Waals surface area contributed by atoms with Gasteiger partial charge in [0, 0.05) is 0 Å². The van der Waals surface area contributed by atoms with Gasteiger partial charge < -0.3 is 5.11 Å².